The first-order chi connectivity index (χ1) is 13.6. The minimum Gasteiger partial charge on any atom is -0.493 e. The molecule has 1 atom stereocenters. The van der Waals surface area contributed by atoms with Gasteiger partial charge >= 0.3 is 5.97 Å². The molecule has 2 aliphatic rings. The highest BCUT2D eigenvalue weighted by Gasteiger charge is 2.34. The van der Waals surface area contributed by atoms with Gasteiger partial charge in [-0.25, -0.2) is 4.39 Å². The fraction of sp³-hybridized carbons (Fsp3) is 0.316. The molecule has 2 aliphatic heterocycles. The van der Waals surface area contributed by atoms with E-state index >= 15 is 0 Å². The molecule has 0 aliphatic carbocycles. The lowest BCUT2D eigenvalue weighted by Crippen LogP contribution is -2.26. The second-order valence-electron chi connectivity index (χ2n) is 7.48. The largest absolute Gasteiger partial charge is 0.493 e. The number of amidine groups is 1. The summed E-state index contributed by atoms with van der Waals surface area (Å²) >= 11 is 0.895. The van der Waals surface area contributed by atoms with Gasteiger partial charge in [-0.2, -0.15) is 4.99 Å². The number of carboxylic acids is 1. The first-order valence-corrected chi connectivity index (χ1v) is 9.66. The Morgan fingerprint density at radius 2 is 2.10 bits per heavy atom. The van der Waals surface area contributed by atoms with Crippen molar-refractivity contribution in [3.05, 3.63) is 29.6 Å². The molecule has 0 radical (unpaired) electrons. The molecule has 0 bridgehead atoms. The van der Waals surface area contributed by atoms with Gasteiger partial charge in [-0.05, 0) is 38.5 Å². The molecule has 8 nitrogen and oxygen atoms in total. The molecule has 1 aromatic heterocycles. The summed E-state index contributed by atoms with van der Waals surface area (Å²) in [6, 6.07) is 2.69. The minimum absolute atomic E-state index is 0.00149. The van der Waals surface area contributed by atoms with E-state index < -0.39 is 28.5 Å². The second kappa shape index (κ2) is 6.51. The van der Waals surface area contributed by atoms with E-state index in [1.54, 1.807) is 4.57 Å². The molecule has 150 valence electrons. The van der Waals surface area contributed by atoms with Gasteiger partial charge in [0.25, 0.3) is 5.91 Å². The molecule has 10 heteroatoms. The van der Waals surface area contributed by atoms with Crippen molar-refractivity contribution in [3.8, 4) is 5.88 Å². The fourth-order valence-corrected chi connectivity index (χ4v) is 4.65. The van der Waals surface area contributed by atoms with Gasteiger partial charge in [0.2, 0.25) is 11.0 Å². The number of aromatic hydroxyl groups is 1. The molecule has 0 fully saturated rings. The Morgan fingerprint density at radius 3 is 2.79 bits per heavy atom. The van der Waals surface area contributed by atoms with Crippen molar-refractivity contribution < 1.29 is 24.2 Å². The molecular formula is C19H17FN4O4S. The summed E-state index contributed by atoms with van der Waals surface area (Å²) in [5, 5.41) is 27.2. The smallest absolute Gasteiger partial charge is 0.305 e. The number of nitrogens with zero attached hydrogens (tertiary/aromatic N) is 4. The number of hydrogen-bond acceptors (Lipinski definition) is 6. The maximum atomic E-state index is 14.2. The van der Waals surface area contributed by atoms with Crippen molar-refractivity contribution in [1.82, 2.24) is 4.57 Å². The summed E-state index contributed by atoms with van der Waals surface area (Å²) in [7, 11) is 0. The first kappa shape index (κ1) is 19.3. The molecule has 1 amide bonds. The van der Waals surface area contributed by atoms with Crippen molar-refractivity contribution in [2.24, 2.45) is 15.2 Å². The molecule has 1 aromatic carbocycles. The highest BCUT2D eigenvalue weighted by Crippen LogP contribution is 2.48. The van der Waals surface area contributed by atoms with Gasteiger partial charge in [0.1, 0.15) is 11.1 Å². The van der Waals surface area contributed by atoms with Crippen LogP contribution in [0.25, 0.3) is 16.5 Å². The van der Waals surface area contributed by atoms with Crippen LogP contribution in [0.5, 0.6) is 5.88 Å². The lowest BCUT2D eigenvalue weighted by molar-refractivity contribution is -0.138. The Bertz CT molecular complexity index is 1180. The topological polar surface area (TPSA) is 117 Å². The van der Waals surface area contributed by atoms with Gasteiger partial charge in [0, 0.05) is 10.9 Å². The number of azo groups is 1. The van der Waals surface area contributed by atoms with Crippen LogP contribution >= 0.6 is 11.8 Å². The van der Waals surface area contributed by atoms with Crippen molar-refractivity contribution >= 4 is 51.0 Å². The van der Waals surface area contributed by atoms with Crippen LogP contribution in [0.2, 0.25) is 0 Å². The summed E-state index contributed by atoms with van der Waals surface area (Å²) in [4.78, 5) is 26.3. The monoisotopic (exact) mass is 416 g/mol. The van der Waals surface area contributed by atoms with E-state index in [0.29, 0.717) is 16.5 Å². The van der Waals surface area contributed by atoms with Crippen LogP contribution in [-0.2, 0) is 15.1 Å². The van der Waals surface area contributed by atoms with Gasteiger partial charge in [0.05, 0.1) is 17.5 Å². The number of carbonyl (C=O) groups is 2. The zero-order valence-corrected chi connectivity index (χ0v) is 16.6. The van der Waals surface area contributed by atoms with E-state index in [-0.39, 0.29) is 23.2 Å². The Hall–Kier alpha value is -3.01. The summed E-state index contributed by atoms with van der Waals surface area (Å²) in [5.74, 6) is -2.36. The number of aromatic nitrogens is 1. The Labute approximate surface area is 168 Å². The minimum atomic E-state index is -1.11. The molecule has 4 rings (SSSR count). The van der Waals surface area contributed by atoms with Gasteiger partial charge in [-0.15, -0.1) is 10.2 Å². The maximum Gasteiger partial charge on any atom is 0.305 e. The van der Waals surface area contributed by atoms with Crippen LogP contribution in [0.1, 0.15) is 32.8 Å². The molecule has 2 aromatic rings. The quantitative estimate of drug-likeness (QED) is 0.728. The number of hydrogen-bond donors (Lipinski definition) is 2. The third-order valence-corrected chi connectivity index (χ3v) is 5.91. The summed E-state index contributed by atoms with van der Waals surface area (Å²) in [6.07, 6.45) is 1.56. The summed E-state index contributed by atoms with van der Waals surface area (Å²) in [6.45, 7) is 5.70. The van der Waals surface area contributed by atoms with Crippen LogP contribution in [0.4, 0.5) is 10.1 Å². The number of carbonyl (C=O) groups excluding carboxylic acids is 1. The second-order valence-corrected chi connectivity index (χ2v) is 8.65. The molecule has 29 heavy (non-hydrogen) atoms. The maximum absolute atomic E-state index is 14.2. The third kappa shape index (κ3) is 3.13. The zero-order valence-electron chi connectivity index (χ0n) is 15.8. The SMILES string of the molecule is CC1=CC(C)(C)n2c(O)c(N=NC3=NC(=O)C(CC(=O)O)S3)c3cc(F)cc1c32. The Balaban J connectivity index is 1.79. The normalized spacial score (nSPS) is 20.4. The first-order valence-electron chi connectivity index (χ1n) is 8.78. The predicted molar refractivity (Wildman–Crippen MR) is 107 cm³/mol. The molecule has 1 unspecified atom stereocenters. The van der Waals surface area contributed by atoms with Crippen molar-refractivity contribution in [2.75, 3.05) is 0 Å². The van der Waals surface area contributed by atoms with Crippen LogP contribution < -0.4 is 0 Å². The average Bonchev–Trinajstić information content (AvgIpc) is 3.08. The number of aliphatic imine (C=N–C) groups is 1. The predicted octanol–water partition coefficient (Wildman–Crippen LogP) is 4.19. The number of rotatable bonds is 3. The van der Waals surface area contributed by atoms with Crippen LogP contribution in [0, 0.1) is 5.82 Å². The highest BCUT2D eigenvalue weighted by molar-refractivity contribution is 8.15. The van der Waals surface area contributed by atoms with E-state index in [0.717, 1.165) is 17.3 Å². The molecule has 0 saturated carbocycles. The molecule has 2 N–H and O–H groups in total. The van der Waals surface area contributed by atoms with Crippen molar-refractivity contribution in [1.29, 1.82) is 0 Å². The summed E-state index contributed by atoms with van der Waals surface area (Å²) < 4.78 is 15.9. The third-order valence-electron chi connectivity index (χ3n) is 4.87. The number of allylic oxidation sites excluding steroid dienone is 2. The number of carboxylic acid groups (broad SMARTS) is 1. The van der Waals surface area contributed by atoms with E-state index in [1.807, 2.05) is 26.8 Å². The average molecular weight is 416 g/mol. The fourth-order valence-electron chi connectivity index (χ4n) is 3.78. The van der Waals surface area contributed by atoms with Gasteiger partial charge in [0.15, 0.2) is 5.69 Å². The summed E-state index contributed by atoms with van der Waals surface area (Å²) in [5.41, 5.74) is 1.66. The number of thioether (sulfide) groups is 1. The van der Waals surface area contributed by atoms with Gasteiger partial charge < -0.3 is 14.8 Å². The zero-order chi connectivity index (χ0) is 21.1. The molecular weight excluding hydrogens is 399 g/mol. The van der Waals surface area contributed by atoms with E-state index in [2.05, 4.69) is 15.2 Å². The van der Waals surface area contributed by atoms with Gasteiger partial charge in [-0.3, -0.25) is 9.59 Å². The van der Waals surface area contributed by atoms with Gasteiger partial charge in [-0.1, -0.05) is 17.8 Å². The van der Waals surface area contributed by atoms with Crippen LogP contribution in [0.15, 0.2) is 33.4 Å². The lowest BCUT2D eigenvalue weighted by Gasteiger charge is -2.30. The molecule has 0 saturated heterocycles. The van der Waals surface area contributed by atoms with E-state index in [1.165, 1.54) is 12.1 Å². The van der Waals surface area contributed by atoms with Crippen LogP contribution in [0.3, 0.4) is 0 Å². The number of halogens is 1. The lowest BCUT2D eigenvalue weighted by atomic mass is 9.92. The van der Waals surface area contributed by atoms with Crippen molar-refractivity contribution in [3.63, 3.8) is 0 Å². The number of aliphatic carboxylic acids is 1. The molecule has 3 heterocycles. The highest BCUT2D eigenvalue weighted by atomic mass is 32.2. The standard InChI is InChI=1S/C19H17FN4O4S/c1-8-7-19(2,3)24-15-10(8)4-9(20)5-11(15)14(17(24)28)22-23-18-21-16(27)12(29-18)6-13(25)26/h4-5,7,12,28H,6H2,1-3H3,(H,25,26). The Morgan fingerprint density at radius 1 is 1.38 bits per heavy atom. The van der Waals surface area contributed by atoms with Crippen LogP contribution in [-0.4, -0.2) is 37.1 Å². The Kier molecular flexibility index (Phi) is 4.34. The number of benzene rings is 1. The van der Waals surface area contributed by atoms with Crippen molar-refractivity contribution in [2.45, 2.75) is 38.0 Å². The number of amides is 1. The van der Waals surface area contributed by atoms with E-state index in [9.17, 15) is 19.1 Å². The van der Waals surface area contributed by atoms with E-state index in [4.69, 9.17) is 5.11 Å². The molecule has 0 spiro atoms.